The van der Waals surface area contributed by atoms with E-state index in [0.717, 1.165) is 42.7 Å². The monoisotopic (exact) mass is 371 g/mol. The Bertz CT molecular complexity index is 493. The van der Waals surface area contributed by atoms with Gasteiger partial charge < -0.3 is 15.5 Å². The van der Waals surface area contributed by atoms with E-state index < -0.39 is 0 Å². The summed E-state index contributed by atoms with van der Waals surface area (Å²) in [5, 5.41) is 6.27. The minimum Gasteiger partial charge on any atom is -0.325 e. The number of hydrogen-bond donors (Lipinski definition) is 2. The third kappa shape index (κ3) is 7.01. The maximum absolute atomic E-state index is 12.2. The second-order valence-electron chi connectivity index (χ2n) is 6.18. The highest BCUT2D eigenvalue weighted by molar-refractivity contribution is 7.98. The molecule has 0 spiro atoms. The number of benzene rings is 1. The van der Waals surface area contributed by atoms with Crippen molar-refractivity contribution in [1.82, 2.24) is 10.2 Å². The van der Waals surface area contributed by atoms with E-state index in [4.69, 9.17) is 0 Å². The molecule has 0 aliphatic carbocycles. The van der Waals surface area contributed by atoms with Gasteiger partial charge in [0.25, 0.3) is 0 Å². The lowest BCUT2D eigenvalue weighted by Crippen LogP contribution is -2.36. The lowest BCUT2D eigenvalue weighted by molar-refractivity contribution is -0.116. The number of piperidine rings is 1. The quantitative estimate of drug-likeness (QED) is 0.686. The van der Waals surface area contributed by atoms with Gasteiger partial charge in [0.15, 0.2) is 0 Å². The molecule has 0 saturated carbocycles. The van der Waals surface area contributed by atoms with E-state index in [0.29, 0.717) is 6.42 Å². The molecule has 0 bridgehead atoms. The Hall–Kier alpha value is -0.750. The summed E-state index contributed by atoms with van der Waals surface area (Å²) >= 11 is 1.66. The van der Waals surface area contributed by atoms with Crippen molar-refractivity contribution in [2.75, 3.05) is 44.8 Å². The van der Waals surface area contributed by atoms with E-state index in [1.54, 1.807) is 11.8 Å². The summed E-state index contributed by atoms with van der Waals surface area (Å²) in [5.41, 5.74) is 0.927. The number of halogens is 1. The highest BCUT2D eigenvalue weighted by Gasteiger charge is 2.19. The molecule has 24 heavy (non-hydrogen) atoms. The highest BCUT2D eigenvalue weighted by Crippen LogP contribution is 2.25. The molecule has 1 heterocycles. The SMILES string of the molecule is CNCCC1CCN(CCC(=O)Nc2ccccc2SC)CC1.Cl. The molecule has 0 aromatic heterocycles. The van der Waals surface area contributed by atoms with E-state index in [1.165, 1.54) is 19.3 Å². The fourth-order valence-electron chi connectivity index (χ4n) is 3.07. The van der Waals surface area contributed by atoms with E-state index in [1.807, 2.05) is 37.6 Å². The summed E-state index contributed by atoms with van der Waals surface area (Å²) in [7, 11) is 2.02. The van der Waals surface area contributed by atoms with Gasteiger partial charge >= 0.3 is 0 Å². The number of nitrogens with zero attached hydrogens (tertiary/aromatic N) is 1. The highest BCUT2D eigenvalue weighted by atomic mass is 35.5. The van der Waals surface area contributed by atoms with Crippen LogP contribution in [0.4, 0.5) is 5.69 Å². The summed E-state index contributed by atoms with van der Waals surface area (Å²) in [6.45, 7) is 4.24. The zero-order chi connectivity index (χ0) is 16.5. The molecule has 1 amide bonds. The van der Waals surface area contributed by atoms with Gasteiger partial charge in [-0.25, -0.2) is 0 Å². The minimum absolute atomic E-state index is 0. The third-order valence-corrected chi connectivity index (χ3v) is 5.34. The van der Waals surface area contributed by atoms with E-state index in [-0.39, 0.29) is 18.3 Å². The smallest absolute Gasteiger partial charge is 0.225 e. The molecule has 0 unspecified atom stereocenters. The standard InChI is InChI=1S/C18H29N3OS.ClH/c1-19-11-7-15-8-12-21(13-9-15)14-10-18(22)20-16-5-3-4-6-17(16)23-2;/h3-6,15,19H,7-14H2,1-2H3,(H,20,22);1H. The lowest BCUT2D eigenvalue weighted by atomic mass is 9.93. The van der Waals surface area contributed by atoms with Crippen LogP contribution in [0.2, 0.25) is 0 Å². The molecule has 1 aromatic rings. The molecule has 1 aliphatic heterocycles. The van der Waals surface area contributed by atoms with Gasteiger partial charge in [0, 0.05) is 17.9 Å². The number of rotatable bonds is 8. The van der Waals surface area contributed by atoms with E-state index >= 15 is 0 Å². The summed E-state index contributed by atoms with van der Waals surface area (Å²) in [4.78, 5) is 15.7. The van der Waals surface area contributed by atoms with Crippen LogP contribution in [0.5, 0.6) is 0 Å². The van der Waals surface area contributed by atoms with Crippen molar-refractivity contribution in [3.8, 4) is 0 Å². The van der Waals surface area contributed by atoms with Crippen molar-refractivity contribution in [3.63, 3.8) is 0 Å². The molecule has 2 N–H and O–H groups in total. The average molecular weight is 372 g/mol. The Morgan fingerprint density at radius 3 is 2.67 bits per heavy atom. The van der Waals surface area contributed by atoms with Crippen molar-refractivity contribution < 1.29 is 4.79 Å². The number of nitrogens with one attached hydrogen (secondary N) is 2. The van der Waals surface area contributed by atoms with Crippen LogP contribution in [-0.4, -0.2) is 50.3 Å². The number of para-hydroxylation sites is 1. The molecule has 1 fully saturated rings. The Morgan fingerprint density at radius 2 is 2.00 bits per heavy atom. The van der Waals surface area contributed by atoms with Crippen LogP contribution in [0, 0.1) is 5.92 Å². The van der Waals surface area contributed by atoms with Gasteiger partial charge in [0.05, 0.1) is 5.69 Å². The molecule has 136 valence electrons. The lowest BCUT2D eigenvalue weighted by Gasteiger charge is -2.31. The van der Waals surface area contributed by atoms with E-state index in [2.05, 4.69) is 15.5 Å². The molecule has 2 rings (SSSR count). The van der Waals surface area contributed by atoms with Crippen molar-refractivity contribution in [2.24, 2.45) is 5.92 Å². The second kappa shape index (κ2) is 11.7. The molecule has 4 nitrogen and oxygen atoms in total. The minimum atomic E-state index is 0. The van der Waals surface area contributed by atoms with Crippen LogP contribution < -0.4 is 10.6 Å². The molecule has 0 radical (unpaired) electrons. The van der Waals surface area contributed by atoms with Crippen molar-refractivity contribution in [1.29, 1.82) is 0 Å². The molecule has 0 atom stereocenters. The predicted octanol–water partition coefficient (Wildman–Crippen LogP) is 3.48. The number of carbonyl (C=O) groups excluding carboxylic acids is 1. The summed E-state index contributed by atoms with van der Waals surface area (Å²) in [6.07, 6.45) is 6.40. The molecule has 1 saturated heterocycles. The first-order valence-electron chi connectivity index (χ1n) is 8.52. The molecular formula is C18H30ClN3OS. The fraction of sp³-hybridized carbons (Fsp3) is 0.611. The Morgan fingerprint density at radius 1 is 1.29 bits per heavy atom. The van der Waals surface area contributed by atoms with Gasteiger partial charge in [0.1, 0.15) is 0 Å². The van der Waals surface area contributed by atoms with Crippen molar-refractivity contribution >= 4 is 35.8 Å². The third-order valence-electron chi connectivity index (χ3n) is 4.55. The zero-order valence-electron chi connectivity index (χ0n) is 14.7. The van der Waals surface area contributed by atoms with Crippen molar-refractivity contribution in [3.05, 3.63) is 24.3 Å². The van der Waals surface area contributed by atoms with Crippen LogP contribution in [0.25, 0.3) is 0 Å². The fourth-order valence-corrected chi connectivity index (χ4v) is 3.62. The van der Waals surface area contributed by atoms with Crippen molar-refractivity contribution in [2.45, 2.75) is 30.6 Å². The number of carbonyl (C=O) groups is 1. The average Bonchev–Trinajstić information content (AvgIpc) is 2.59. The van der Waals surface area contributed by atoms with Gasteiger partial charge in [-0.1, -0.05) is 12.1 Å². The topological polar surface area (TPSA) is 44.4 Å². The number of thioether (sulfide) groups is 1. The summed E-state index contributed by atoms with van der Waals surface area (Å²) < 4.78 is 0. The second-order valence-corrected chi connectivity index (χ2v) is 7.02. The van der Waals surface area contributed by atoms with E-state index in [9.17, 15) is 4.79 Å². The van der Waals surface area contributed by atoms with Gasteiger partial charge in [-0.3, -0.25) is 4.79 Å². The van der Waals surface area contributed by atoms with Crippen LogP contribution in [0.1, 0.15) is 25.7 Å². The number of hydrogen-bond acceptors (Lipinski definition) is 4. The zero-order valence-corrected chi connectivity index (χ0v) is 16.3. The number of amides is 1. The number of anilines is 1. The van der Waals surface area contributed by atoms with Crippen LogP contribution >= 0.6 is 24.2 Å². The Kier molecular flexibility index (Phi) is 10.4. The maximum Gasteiger partial charge on any atom is 0.225 e. The van der Waals surface area contributed by atoms with Crippen LogP contribution in [-0.2, 0) is 4.79 Å². The first kappa shape index (κ1) is 21.3. The summed E-state index contributed by atoms with van der Waals surface area (Å²) in [5.74, 6) is 0.963. The van der Waals surface area contributed by atoms with Crippen LogP contribution in [0.3, 0.4) is 0 Å². The largest absolute Gasteiger partial charge is 0.325 e. The molecule has 6 heteroatoms. The predicted molar refractivity (Wildman–Crippen MR) is 106 cm³/mol. The van der Waals surface area contributed by atoms with Crippen LogP contribution in [0.15, 0.2) is 29.2 Å². The normalized spacial score (nSPS) is 15.8. The first-order valence-corrected chi connectivity index (χ1v) is 9.75. The molecular weight excluding hydrogens is 342 g/mol. The molecule has 1 aliphatic rings. The Labute approximate surface area is 156 Å². The Balaban J connectivity index is 0.00000288. The maximum atomic E-state index is 12.2. The van der Waals surface area contributed by atoms with Gasteiger partial charge in [-0.15, -0.1) is 24.2 Å². The van der Waals surface area contributed by atoms with Gasteiger partial charge in [-0.2, -0.15) is 0 Å². The van der Waals surface area contributed by atoms with Gasteiger partial charge in [-0.05, 0) is 70.3 Å². The molecule has 1 aromatic carbocycles. The summed E-state index contributed by atoms with van der Waals surface area (Å²) in [6, 6.07) is 7.97. The first-order chi connectivity index (χ1) is 11.2. The number of likely N-dealkylation sites (tertiary alicyclic amines) is 1. The van der Waals surface area contributed by atoms with Gasteiger partial charge in [0.2, 0.25) is 5.91 Å².